The summed E-state index contributed by atoms with van der Waals surface area (Å²) in [5.41, 5.74) is 1.20. The van der Waals surface area contributed by atoms with Gasteiger partial charge in [-0.15, -0.1) is 0 Å². The first kappa shape index (κ1) is 26.1. The van der Waals surface area contributed by atoms with E-state index in [9.17, 15) is 23.2 Å². The molecular formula is C24H29F2N3O5Si. The van der Waals surface area contributed by atoms with E-state index >= 15 is 0 Å². The number of anilines is 1. The van der Waals surface area contributed by atoms with Gasteiger partial charge in [-0.25, -0.2) is 13.6 Å². The molecule has 1 aliphatic heterocycles. The minimum Gasteiger partial charge on any atom is -0.497 e. The highest BCUT2D eigenvalue weighted by molar-refractivity contribution is 6.88. The monoisotopic (exact) mass is 505 g/mol. The van der Waals surface area contributed by atoms with Gasteiger partial charge in [0, 0.05) is 17.4 Å². The van der Waals surface area contributed by atoms with Crippen LogP contribution >= 0.6 is 0 Å². The largest absolute Gasteiger partial charge is 0.497 e. The molecule has 3 amide bonds. The second-order valence-corrected chi connectivity index (χ2v) is 14.5. The third-order valence-corrected chi connectivity index (χ3v) is 7.84. The minimum atomic E-state index is -2.31. The number of carboxylic acids is 1. The Bertz CT molecular complexity index is 1150. The maximum Gasteiger partial charge on any atom is 0.325 e. The van der Waals surface area contributed by atoms with Crippen LogP contribution in [0.15, 0.2) is 30.3 Å². The molecule has 0 fully saturated rings. The third kappa shape index (κ3) is 5.61. The van der Waals surface area contributed by atoms with Gasteiger partial charge >= 0.3 is 12.0 Å². The molecule has 0 aromatic heterocycles. The molecule has 1 aliphatic rings. The minimum absolute atomic E-state index is 0.0364. The van der Waals surface area contributed by atoms with E-state index in [-0.39, 0.29) is 17.4 Å². The van der Waals surface area contributed by atoms with Crippen molar-refractivity contribution in [3.63, 3.8) is 0 Å². The zero-order chi connectivity index (χ0) is 26.1. The SMILES string of the molecule is COc1ccc2c(c1)CCN(C(=O)N[C@@H](C)C(=O)O)[C@H]2C(=O)Nc1cc(F)c([Si](C)(C)C)c(F)c1. The molecule has 8 nitrogen and oxygen atoms in total. The van der Waals surface area contributed by atoms with Crippen molar-refractivity contribution < 1.29 is 33.0 Å². The Morgan fingerprint density at radius 2 is 1.77 bits per heavy atom. The van der Waals surface area contributed by atoms with Crippen LogP contribution in [0.4, 0.5) is 19.3 Å². The number of rotatable bonds is 6. The first-order chi connectivity index (χ1) is 16.3. The van der Waals surface area contributed by atoms with Gasteiger partial charge in [0.1, 0.15) is 29.5 Å². The lowest BCUT2D eigenvalue weighted by Crippen LogP contribution is -2.52. The molecule has 188 valence electrons. The van der Waals surface area contributed by atoms with Crippen molar-refractivity contribution in [1.29, 1.82) is 0 Å². The summed E-state index contributed by atoms with van der Waals surface area (Å²) in [6, 6.07) is 4.11. The lowest BCUT2D eigenvalue weighted by Gasteiger charge is -2.36. The Balaban J connectivity index is 1.98. The van der Waals surface area contributed by atoms with E-state index in [0.717, 1.165) is 17.7 Å². The number of aliphatic carboxylic acids is 1. The number of nitrogens with zero attached hydrogens (tertiary/aromatic N) is 1. The lowest BCUT2D eigenvalue weighted by molar-refractivity contribution is -0.138. The van der Waals surface area contributed by atoms with Crippen LogP contribution in [0.1, 0.15) is 24.1 Å². The Kier molecular flexibility index (Phi) is 7.49. The van der Waals surface area contributed by atoms with Gasteiger partial charge in [0.15, 0.2) is 0 Å². The summed E-state index contributed by atoms with van der Waals surface area (Å²) in [7, 11) is -0.800. The molecule has 3 N–H and O–H groups in total. The Morgan fingerprint density at radius 3 is 2.31 bits per heavy atom. The van der Waals surface area contributed by atoms with Gasteiger partial charge in [0.05, 0.1) is 15.2 Å². The quantitative estimate of drug-likeness (QED) is 0.523. The standard InChI is InChI=1S/C24H29F2N3O5Si/c1-13(23(31)32)27-24(33)29-9-8-14-10-16(34-2)6-7-17(14)20(29)22(30)28-15-11-18(25)21(19(26)12-15)35(3,4)5/h6-7,10-13,20H,8-9H2,1-5H3,(H,27,33)(H,28,30)(H,31,32)/t13-,20+/m0/s1. The molecule has 0 radical (unpaired) electrons. The van der Waals surface area contributed by atoms with Crippen molar-refractivity contribution in [3.8, 4) is 5.75 Å². The number of hydrogen-bond acceptors (Lipinski definition) is 4. The van der Waals surface area contributed by atoms with Gasteiger partial charge in [-0.05, 0) is 48.7 Å². The van der Waals surface area contributed by atoms with Gasteiger partial charge < -0.3 is 25.4 Å². The van der Waals surface area contributed by atoms with Crippen molar-refractivity contribution in [2.45, 2.75) is 45.1 Å². The highest BCUT2D eigenvalue weighted by atomic mass is 28.3. The number of hydrogen-bond donors (Lipinski definition) is 3. The van der Waals surface area contributed by atoms with Crippen molar-refractivity contribution in [2.24, 2.45) is 0 Å². The molecule has 3 rings (SSSR count). The number of carbonyl (C=O) groups is 3. The number of ether oxygens (including phenoxy) is 1. The summed E-state index contributed by atoms with van der Waals surface area (Å²) >= 11 is 0. The van der Waals surface area contributed by atoms with Gasteiger partial charge in [0.2, 0.25) is 0 Å². The molecule has 11 heteroatoms. The molecule has 2 aromatic rings. The van der Waals surface area contributed by atoms with E-state index in [0.29, 0.717) is 17.7 Å². The number of amides is 3. The second kappa shape index (κ2) is 10.0. The Morgan fingerprint density at radius 1 is 1.14 bits per heavy atom. The number of carbonyl (C=O) groups excluding carboxylic acids is 2. The summed E-state index contributed by atoms with van der Waals surface area (Å²) in [6.45, 7) is 6.87. The summed E-state index contributed by atoms with van der Waals surface area (Å²) in [5, 5.41) is 14.1. The van der Waals surface area contributed by atoms with Crippen LogP contribution in [0.25, 0.3) is 0 Å². The number of carboxylic acid groups (broad SMARTS) is 1. The third-order valence-electron chi connectivity index (χ3n) is 5.86. The van der Waals surface area contributed by atoms with E-state index in [1.807, 2.05) is 19.6 Å². The molecule has 1 heterocycles. The average Bonchev–Trinajstić information content (AvgIpc) is 2.75. The number of benzene rings is 2. The second-order valence-electron chi connectivity index (χ2n) is 9.47. The van der Waals surface area contributed by atoms with Crippen molar-refractivity contribution in [3.05, 3.63) is 53.1 Å². The van der Waals surface area contributed by atoms with E-state index in [4.69, 9.17) is 9.84 Å². The predicted molar refractivity (Wildman–Crippen MR) is 130 cm³/mol. The van der Waals surface area contributed by atoms with Crippen LogP contribution in [0.3, 0.4) is 0 Å². The summed E-state index contributed by atoms with van der Waals surface area (Å²) < 4.78 is 34.7. The topological polar surface area (TPSA) is 108 Å². The van der Waals surface area contributed by atoms with E-state index in [2.05, 4.69) is 10.6 Å². The van der Waals surface area contributed by atoms with Crippen molar-refractivity contribution >= 4 is 36.9 Å². The summed E-state index contributed by atoms with van der Waals surface area (Å²) in [6.07, 6.45) is 0.402. The lowest BCUT2D eigenvalue weighted by atomic mass is 9.91. The molecule has 0 spiro atoms. The zero-order valence-corrected chi connectivity index (χ0v) is 21.2. The molecule has 0 unspecified atom stereocenters. The van der Waals surface area contributed by atoms with Gasteiger partial charge in [-0.2, -0.15) is 0 Å². The molecule has 0 saturated heterocycles. The van der Waals surface area contributed by atoms with Crippen LogP contribution in [0.2, 0.25) is 19.6 Å². The smallest absolute Gasteiger partial charge is 0.325 e. The summed E-state index contributed by atoms with van der Waals surface area (Å²) in [5.74, 6) is -2.81. The average molecular weight is 506 g/mol. The van der Waals surface area contributed by atoms with E-state index < -0.39 is 49.7 Å². The Labute approximate surface area is 203 Å². The fourth-order valence-corrected chi connectivity index (χ4v) is 5.71. The molecular weight excluding hydrogens is 476 g/mol. The number of fused-ring (bicyclic) bond motifs is 1. The van der Waals surface area contributed by atoms with Gasteiger partial charge in [-0.1, -0.05) is 25.7 Å². The van der Waals surface area contributed by atoms with Crippen LogP contribution in [-0.4, -0.2) is 55.7 Å². The van der Waals surface area contributed by atoms with Crippen LogP contribution in [0.5, 0.6) is 5.75 Å². The van der Waals surface area contributed by atoms with Crippen LogP contribution in [0, 0.1) is 11.6 Å². The van der Waals surface area contributed by atoms with Crippen molar-refractivity contribution in [1.82, 2.24) is 10.2 Å². The number of halogens is 2. The van der Waals surface area contributed by atoms with Gasteiger partial charge in [-0.3, -0.25) is 9.59 Å². The Hall–Kier alpha value is -3.47. The van der Waals surface area contributed by atoms with E-state index in [1.54, 1.807) is 18.2 Å². The van der Waals surface area contributed by atoms with Crippen LogP contribution in [-0.2, 0) is 16.0 Å². The molecule has 0 bridgehead atoms. The number of urea groups is 1. The highest BCUT2D eigenvalue weighted by Gasteiger charge is 2.37. The molecule has 35 heavy (non-hydrogen) atoms. The highest BCUT2D eigenvalue weighted by Crippen LogP contribution is 2.33. The first-order valence-electron chi connectivity index (χ1n) is 11.1. The van der Waals surface area contributed by atoms with Crippen LogP contribution < -0.4 is 20.6 Å². The number of methoxy groups -OCH3 is 1. The summed E-state index contributed by atoms with van der Waals surface area (Å²) in [4.78, 5) is 38.7. The fourth-order valence-electron chi connectivity index (χ4n) is 4.13. The first-order valence-corrected chi connectivity index (χ1v) is 14.6. The maximum atomic E-state index is 14.7. The maximum absolute atomic E-state index is 14.7. The van der Waals surface area contributed by atoms with Gasteiger partial charge in [0.25, 0.3) is 5.91 Å². The van der Waals surface area contributed by atoms with Crippen molar-refractivity contribution in [2.75, 3.05) is 19.0 Å². The normalized spacial score (nSPS) is 16.2. The van der Waals surface area contributed by atoms with E-state index in [1.165, 1.54) is 18.9 Å². The molecule has 0 aliphatic carbocycles. The molecule has 2 atom stereocenters. The molecule has 0 saturated carbocycles. The predicted octanol–water partition coefficient (Wildman–Crippen LogP) is 3.24. The fraction of sp³-hybridized carbons (Fsp3) is 0.375. The zero-order valence-electron chi connectivity index (χ0n) is 20.2. The number of nitrogens with one attached hydrogen (secondary N) is 2. The molecule has 2 aromatic carbocycles.